The monoisotopic (exact) mass is 683 g/mol. The Balaban J connectivity index is 1.25. The molecule has 3 aliphatic carbocycles. The summed E-state index contributed by atoms with van der Waals surface area (Å²) in [5.74, 6) is 0. The summed E-state index contributed by atoms with van der Waals surface area (Å²) < 4.78 is 73.2. The fraction of sp³-hybridized carbons (Fsp3) is 0.0769. The molecule has 0 saturated carbocycles. The first-order valence-corrected chi connectivity index (χ1v) is 18.0. The van der Waals surface area contributed by atoms with Gasteiger partial charge < -0.3 is 4.90 Å². The summed E-state index contributed by atoms with van der Waals surface area (Å²) in [4.78, 5) is 2.25. The SMILES string of the molecule is [2H]c1c([2H])c([2H])c2c(c1[2H])-c1c([2H])c([2H])c([2H])c([2H])c1C21c2ccccc2-c2ccc(N(c3ccc4c(c3)C(C)(C)c3ccccc3-4)c3ccccc3-c3ccccc3)cc21. The first kappa shape index (κ1) is 23.2. The van der Waals surface area contributed by atoms with Crippen molar-refractivity contribution in [1.82, 2.24) is 0 Å². The molecule has 0 unspecified atom stereocenters. The summed E-state index contributed by atoms with van der Waals surface area (Å²) in [5, 5.41) is 0. The molecule has 8 aromatic rings. The normalized spacial score (nSPS) is 16.6. The molecule has 0 fully saturated rings. The Morgan fingerprint density at radius 3 is 1.57 bits per heavy atom. The largest absolute Gasteiger partial charge is 0.310 e. The van der Waals surface area contributed by atoms with Gasteiger partial charge in [0, 0.05) is 22.4 Å². The van der Waals surface area contributed by atoms with E-state index >= 15 is 0 Å². The highest BCUT2D eigenvalue weighted by molar-refractivity contribution is 5.97. The van der Waals surface area contributed by atoms with E-state index in [2.05, 4.69) is 104 Å². The lowest BCUT2D eigenvalue weighted by Crippen LogP contribution is -2.26. The quantitative estimate of drug-likeness (QED) is 0.178. The molecule has 11 rings (SSSR count). The molecule has 3 aliphatic rings. The molecule has 0 saturated heterocycles. The van der Waals surface area contributed by atoms with Crippen molar-refractivity contribution in [2.75, 3.05) is 4.90 Å². The van der Waals surface area contributed by atoms with Gasteiger partial charge in [0.15, 0.2) is 0 Å². The first-order valence-electron chi connectivity index (χ1n) is 22.0. The molecule has 0 aliphatic heterocycles. The molecule has 8 aromatic carbocycles. The molecule has 0 bridgehead atoms. The third-order valence-electron chi connectivity index (χ3n) is 11.7. The Hall–Kier alpha value is -6.44. The minimum atomic E-state index is -1.51. The topological polar surface area (TPSA) is 3.24 Å². The zero-order chi connectivity index (χ0) is 42.3. The van der Waals surface area contributed by atoms with E-state index in [9.17, 15) is 5.48 Å². The summed E-state index contributed by atoms with van der Waals surface area (Å²) in [6.45, 7) is 4.53. The molecule has 0 radical (unpaired) electrons. The van der Waals surface area contributed by atoms with Crippen molar-refractivity contribution in [2.45, 2.75) is 24.7 Å². The Morgan fingerprint density at radius 1 is 0.396 bits per heavy atom. The van der Waals surface area contributed by atoms with Crippen molar-refractivity contribution in [3.63, 3.8) is 0 Å². The highest BCUT2D eigenvalue weighted by Gasteiger charge is 2.51. The summed E-state index contributed by atoms with van der Waals surface area (Å²) >= 11 is 0. The lowest BCUT2D eigenvalue weighted by molar-refractivity contribution is 0.660. The third-order valence-corrected chi connectivity index (χ3v) is 11.7. The van der Waals surface area contributed by atoms with E-state index in [-0.39, 0.29) is 51.8 Å². The van der Waals surface area contributed by atoms with Crippen LogP contribution in [0, 0.1) is 0 Å². The van der Waals surface area contributed by atoms with E-state index in [0.29, 0.717) is 11.1 Å². The maximum absolute atomic E-state index is 9.59. The van der Waals surface area contributed by atoms with Crippen LogP contribution in [0.1, 0.15) is 58.2 Å². The van der Waals surface area contributed by atoms with Crippen molar-refractivity contribution < 1.29 is 11.0 Å². The standard InChI is InChI=1S/C52H37N/c1-51(2)44-23-11-6-19-38(44)42-30-28-35(32-48(42)51)53(50-27-15-10-18-37(50)34-16-4-3-5-17-34)36-29-31-43-41-22-9-14-26-47(41)52(49(43)33-36)45-24-12-7-20-39(45)40-21-8-13-25-46(40)52/h3-33H,1-2H3/i7D,8D,12D,13D,20D,21D,24D,25D. The van der Waals surface area contributed by atoms with Crippen molar-refractivity contribution >= 4 is 17.1 Å². The maximum atomic E-state index is 9.59. The molecular weight excluding hydrogens is 639 g/mol. The summed E-state index contributed by atoms with van der Waals surface area (Å²) in [5.41, 5.74) is 11.4. The van der Waals surface area contributed by atoms with Gasteiger partial charge in [0.05, 0.1) is 22.1 Å². The second-order valence-electron chi connectivity index (χ2n) is 14.6. The number of nitrogens with zero attached hydrogens (tertiary/aromatic N) is 1. The van der Waals surface area contributed by atoms with Gasteiger partial charge in [-0.2, -0.15) is 0 Å². The van der Waals surface area contributed by atoms with E-state index < -0.39 is 29.6 Å². The van der Waals surface area contributed by atoms with Gasteiger partial charge in [-0.05, 0) is 103 Å². The zero-order valence-corrected chi connectivity index (χ0v) is 29.2. The Bertz CT molecular complexity index is 3160. The average molecular weight is 684 g/mol. The number of rotatable bonds is 4. The molecule has 0 heterocycles. The number of fused-ring (bicyclic) bond motifs is 13. The fourth-order valence-corrected chi connectivity index (χ4v) is 9.42. The summed E-state index contributed by atoms with van der Waals surface area (Å²) in [6, 6.07) is 44.7. The van der Waals surface area contributed by atoms with Gasteiger partial charge in [0.25, 0.3) is 0 Å². The highest BCUT2D eigenvalue weighted by atomic mass is 15.1. The van der Waals surface area contributed by atoms with E-state index in [0.717, 1.165) is 39.3 Å². The van der Waals surface area contributed by atoms with Crippen molar-refractivity contribution in [1.29, 1.82) is 0 Å². The Labute approximate surface area is 322 Å². The Kier molecular flexibility index (Phi) is 4.83. The molecule has 0 N–H and O–H groups in total. The second-order valence-corrected chi connectivity index (χ2v) is 14.6. The van der Waals surface area contributed by atoms with Crippen molar-refractivity contribution in [2.24, 2.45) is 0 Å². The van der Waals surface area contributed by atoms with Crippen LogP contribution in [0.2, 0.25) is 0 Å². The smallest absolute Gasteiger partial charge is 0.0726 e. The number of benzene rings is 8. The molecule has 0 atom stereocenters. The van der Waals surface area contributed by atoms with Crippen LogP contribution in [-0.4, -0.2) is 0 Å². The van der Waals surface area contributed by atoms with Gasteiger partial charge in [0.1, 0.15) is 0 Å². The van der Waals surface area contributed by atoms with E-state index in [1.165, 1.54) is 22.3 Å². The van der Waals surface area contributed by atoms with Gasteiger partial charge >= 0.3 is 0 Å². The van der Waals surface area contributed by atoms with Crippen molar-refractivity contribution in [3.8, 4) is 44.5 Å². The van der Waals surface area contributed by atoms with Crippen LogP contribution in [0.25, 0.3) is 44.5 Å². The first-order chi connectivity index (χ1) is 29.4. The van der Waals surface area contributed by atoms with Crippen LogP contribution in [0.15, 0.2) is 188 Å². The third kappa shape index (κ3) is 4.02. The lowest BCUT2D eigenvalue weighted by atomic mass is 9.70. The fourth-order valence-electron chi connectivity index (χ4n) is 9.42. The number of para-hydroxylation sites is 1. The molecular formula is C52H37N. The second kappa shape index (κ2) is 11.0. The summed E-state index contributed by atoms with van der Waals surface area (Å²) in [6.07, 6.45) is 0. The molecule has 0 amide bonds. The molecule has 0 aromatic heterocycles. The molecule has 250 valence electrons. The summed E-state index contributed by atoms with van der Waals surface area (Å²) in [7, 11) is 0. The van der Waals surface area contributed by atoms with E-state index in [4.69, 9.17) is 5.48 Å². The van der Waals surface area contributed by atoms with E-state index in [1.54, 1.807) is 0 Å². The minimum absolute atomic E-state index is 0.104. The number of hydrogen-bond acceptors (Lipinski definition) is 1. The van der Waals surface area contributed by atoms with Crippen LogP contribution in [0.5, 0.6) is 0 Å². The molecule has 1 heteroatoms. The predicted octanol–water partition coefficient (Wildman–Crippen LogP) is 13.5. The van der Waals surface area contributed by atoms with Gasteiger partial charge in [-0.1, -0.05) is 171 Å². The molecule has 1 nitrogen and oxygen atoms in total. The van der Waals surface area contributed by atoms with Crippen LogP contribution in [-0.2, 0) is 10.8 Å². The van der Waals surface area contributed by atoms with E-state index in [1.807, 2.05) is 54.6 Å². The highest BCUT2D eigenvalue weighted by Crippen LogP contribution is 2.63. The van der Waals surface area contributed by atoms with Gasteiger partial charge in [0.2, 0.25) is 0 Å². The van der Waals surface area contributed by atoms with Crippen LogP contribution < -0.4 is 4.90 Å². The van der Waals surface area contributed by atoms with Gasteiger partial charge in [-0.25, -0.2) is 0 Å². The van der Waals surface area contributed by atoms with Crippen LogP contribution in [0.3, 0.4) is 0 Å². The zero-order valence-electron chi connectivity index (χ0n) is 37.2. The maximum Gasteiger partial charge on any atom is 0.0726 e. The average Bonchev–Trinajstić information content (AvgIpc) is 3.85. The molecule has 53 heavy (non-hydrogen) atoms. The molecule has 1 spiro atoms. The van der Waals surface area contributed by atoms with Crippen LogP contribution in [0.4, 0.5) is 17.1 Å². The van der Waals surface area contributed by atoms with Gasteiger partial charge in [-0.15, -0.1) is 0 Å². The predicted molar refractivity (Wildman–Crippen MR) is 220 cm³/mol. The number of hydrogen-bond donors (Lipinski definition) is 0. The van der Waals surface area contributed by atoms with Crippen LogP contribution >= 0.6 is 0 Å². The van der Waals surface area contributed by atoms with Gasteiger partial charge in [-0.3, -0.25) is 0 Å². The minimum Gasteiger partial charge on any atom is -0.310 e. The van der Waals surface area contributed by atoms with Crippen molar-refractivity contribution in [3.05, 3.63) is 221 Å². The number of anilines is 3. The Morgan fingerprint density at radius 2 is 0.887 bits per heavy atom. The lowest BCUT2D eigenvalue weighted by Gasteiger charge is -2.33.